The van der Waals surface area contributed by atoms with Crippen LogP contribution in [0.2, 0.25) is 0 Å². The lowest BCUT2D eigenvalue weighted by Gasteiger charge is -2.17. The molecule has 2 aliphatic rings. The molecule has 1 N–H and O–H groups in total. The molecular formula is C14H16O3. The molecule has 1 aliphatic heterocycles. The molecule has 1 aliphatic carbocycles. The number of carboxylic acid groups (broad SMARTS) is 1. The monoisotopic (exact) mass is 232 g/mol. The molecule has 1 aromatic rings. The number of carboxylic acids is 1. The van der Waals surface area contributed by atoms with E-state index in [1.54, 1.807) is 0 Å². The second-order valence-electron chi connectivity index (χ2n) is 4.96. The first-order valence-corrected chi connectivity index (χ1v) is 6.22. The van der Waals surface area contributed by atoms with Gasteiger partial charge < -0.3 is 9.84 Å². The van der Waals surface area contributed by atoms with Crippen LogP contribution in [0.5, 0.6) is 5.75 Å². The minimum atomic E-state index is -0.696. The summed E-state index contributed by atoms with van der Waals surface area (Å²) in [6.45, 7) is 0.733. The SMILES string of the molecule is O=C(O)CC(c1cccc2c1CCO2)C1CC1. The summed E-state index contributed by atoms with van der Waals surface area (Å²) >= 11 is 0. The molecule has 17 heavy (non-hydrogen) atoms. The number of fused-ring (bicyclic) bond motifs is 1. The predicted octanol–water partition coefficient (Wildman–Crippen LogP) is 2.59. The third-order valence-corrected chi connectivity index (χ3v) is 3.76. The van der Waals surface area contributed by atoms with Crippen LogP contribution in [0, 0.1) is 5.92 Å². The van der Waals surface area contributed by atoms with E-state index in [-0.39, 0.29) is 12.3 Å². The maximum absolute atomic E-state index is 11.0. The molecule has 3 nitrogen and oxygen atoms in total. The zero-order valence-electron chi connectivity index (χ0n) is 9.69. The average Bonchev–Trinajstić information content (AvgIpc) is 3.02. The van der Waals surface area contributed by atoms with Crippen LogP contribution in [-0.2, 0) is 11.2 Å². The summed E-state index contributed by atoms with van der Waals surface area (Å²) in [6, 6.07) is 6.05. The molecule has 0 aromatic heterocycles. The summed E-state index contributed by atoms with van der Waals surface area (Å²) in [7, 11) is 0. The average molecular weight is 232 g/mol. The van der Waals surface area contributed by atoms with Crippen molar-refractivity contribution in [2.75, 3.05) is 6.61 Å². The van der Waals surface area contributed by atoms with Gasteiger partial charge in [-0.25, -0.2) is 0 Å². The Bertz CT molecular complexity index is 449. The number of ether oxygens (including phenoxy) is 1. The topological polar surface area (TPSA) is 46.5 Å². The van der Waals surface area contributed by atoms with Crippen molar-refractivity contribution >= 4 is 5.97 Å². The van der Waals surface area contributed by atoms with E-state index in [0.29, 0.717) is 5.92 Å². The second kappa shape index (κ2) is 4.06. The minimum Gasteiger partial charge on any atom is -0.493 e. The molecule has 1 unspecified atom stereocenters. The van der Waals surface area contributed by atoms with Crippen molar-refractivity contribution in [1.82, 2.24) is 0 Å². The number of rotatable bonds is 4. The Hall–Kier alpha value is -1.51. The maximum Gasteiger partial charge on any atom is 0.303 e. The summed E-state index contributed by atoms with van der Waals surface area (Å²) in [5.41, 5.74) is 2.45. The van der Waals surface area contributed by atoms with Gasteiger partial charge in [0.25, 0.3) is 0 Å². The van der Waals surface area contributed by atoms with E-state index in [1.807, 2.05) is 12.1 Å². The Labute approximate surface area is 100 Å². The summed E-state index contributed by atoms with van der Waals surface area (Å²) < 4.78 is 5.55. The van der Waals surface area contributed by atoms with Crippen LogP contribution in [0.25, 0.3) is 0 Å². The zero-order chi connectivity index (χ0) is 11.8. The first kappa shape index (κ1) is 10.6. The van der Waals surface area contributed by atoms with Crippen molar-refractivity contribution in [1.29, 1.82) is 0 Å². The zero-order valence-corrected chi connectivity index (χ0v) is 9.69. The van der Waals surface area contributed by atoms with Crippen molar-refractivity contribution in [3.05, 3.63) is 29.3 Å². The number of hydrogen-bond acceptors (Lipinski definition) is 2. The molecule has 1 atom stereocenters. The number of aliphatic carboxylic acids is 1. The Morgan fingerprint density at radius 2 is 2.29 bits per heavy atom. The van der Waals surface area contributed by atoms with Gasteiger partial charge >= 0.3 is 5.97 Å². The van der Waals surface area contributed by atoms with Gasteiger partial charge in [0.2, 0.25) is 0 Å². The van der Waals surface area contributed by atoms with Gasteiger partial charge in [-0.3, -0.25) is 4.79 Å². The van der Waals surface area contributed by atoms with Crippen molar-refractivity contribution in [2.45, 2.75) is 31.6 Å². The van der Waals surface area contributed by atoms with Crippen LogP contribution in [0.15, 0.2) is 18.2 Å². The maximum atomic E-state index is 11.0. The Morgan fingerprint density at radius 1 is 1.47 bits per heavy atom. The normalized spacial score (nSPS) is 19.5. The van der Waals surface area contributed by atoms with Crippen LogP contribution in [0.1, 0.15) is 36.3 Å². The van der Waals surface area contributed by atoms with Crippen molar-refractivity contribution in [3.63, 3.8) is 0 Å². The van der Waals surface area contributed by atoms with Crippen LogP contribution in [-0.4, -0.2) is 17.7 Å². The highest BCUT2D eigenvalue weighted by molar-refractivity contribution is 5.68. The summed E-state index contributed by atoms with van der Waals surface area (Å²) in [5, 5.41) is 9.04. The first-order chi connectivity index (χ1) is 8.25. The summed E-state index contributed by atoms with van der Waals surface area (Å²) in [5.74, 6) is 1.01. The van der Waals surface area contributed by atoms with E-state index in [0.717, 1.165) is 18.8 Å². The Morgan fingerprint density at radius 3 is 3.00 bits per heavy atom. The lowest BCUT2D eigenvalue weighted by molar-refractivity contribution is -0.137. The molecule has 0 radical (unpaired) electrons. The van der Waals surface area contributed by atoms with Crippen LogP contribution in [0.4, 0.5) is 0 Å². The van der Waals surface area contributed by atoms with Crippen LogP contribution < -0.4 is 4.74 Å². The van der Waals surface area contributed by atoms with Gasteiger partial charge in [-0.15, -0.1) is 0 Å². The highest BCUT2D eigenvalue weighted by atomic mass is 16.5. The lowest BCUT2D eigenvalue weighted by Crippen LogP contribution is -2.10. The lowest BCUT2D eigenvalue weighted by atomic mass is 9.87. The number of benzene rings is 1. The minimum absolute atomic E-state index is 0.184. The molecule has 1 heterocycles. The standard InChI is InChI=1S/C14H16O3/c15-14(16)8-12(9-4-5-9)10-2-1-3-13-11(10)6-7-17-13/h1-3,9,12H,4-8H2,(H,15,16). The van der Waals surface area contributed by atoms with E-state index in [2.05, 4.69) is 6.07 Å². The van der Waals surface area contributed by atoms with E-state index in [4.69, 9.17) is 9.84 Å². The van der Waals surface area contributed by atoms with E-state index in [9.17, 15) is 4.79 Å². The van der Waals surface area contributed by atoms with Crippen LogP contribution >= 0.6 is 0 Å². The molecule has 3 rings (SSSR count). The van der Waals surface area contributed by atoms with Gasteiger partial charge in [0.05, 0.1) is 13.0 Å². The van der Waals surface area contributed by atoms with Gasteiger partial charge in [0.15, 0.2) is 0 Å². The van der Waals surface area contributed by atoms with Gasteiger partial charge in [0.1, 0.15) is 5.75 Å². The fourth-order valence-electron chi connectivity index (χ4n) is 2.81. The summed E-state index contributed by atoms with van der Waals surface area (Å²) in [6.07, 6.45) is 3.51. The number of carbonyl (C=O) groups is 1. The molecule has 0 amide bonds. The molecular weight excluding hydrogens is 216 g/mol. The van der Waals surface area contributed by atoms with Crippen molar-refractivity contribution in [3.8, 4) is 5.75 Å². The molecule has 0 bridgehead atoms. The number of hydrogen-bond donors (Lipinski definition) is 1. The van der Waals surface area contributed by atoms with Crippen molar-refractivity contribution < 1.29 is 14.6 Å². The molecule has 1 saturated carbocycles. The van der Waals surface area contributed by atoms with Gasteiger partial charge in [-0.1, -0.05) is 12.1 Å². The largest absolute Gasteiger partial charge is 0.493 e. The first-order valence-electron chi connectivity index (χ1n) is 6.22. The molecule has 1 aromatic carbocycles. The third-order valence-electron chi connectivity index (χ3n) is 3.76. The molecule has 90 valence electrons. The third kappa shape index (κ3) is 2.02. The highest BCUT2D eigenvalue weighted by Gasteiger charge is 2.35. The fraction of sp³-hybridized carbons (Fsp3) is 0.500. The van der Waals surface area contributed by atoms with Crippen LogP contribution in [0.3, 0.4) is 0 Å². The Kier molecular flexibility index (Phi) is 2.54. The second-order valence-corrected chi connectivity index (χ2v) is 4.96. The van der Waals surface area contributed by atoms with Gasteiger partial charge in [-0.05, 0) is 36.3 Å². The fourth-order valence-corrected chi connectivity index (χ4v) is 2.81. The predicted molar refractivity (Wildman–Crippen MR) is 63.4 cm³/mol. The van der Waals surface area contributed by atoms with E-state index < -0.39 is 5.97 Å². The van der Waals surface area contributed by atoms with Crippen molar-refractivity contribution in [2.24, 2.45) is 5.92 Å². The Balaban J connectivity index is 1.95. The molecule has 3 heteroatoms. The van der Waals surface area contributed by atoms with Gasteiger partial charge in [0, 0.05) is 12.0 Å². The van der Waals surface area contributed by atoms with E-state index in [1.165, 1.54) is 24.0 Å². The molecule has 0 saturated heterocycles. The summed E-state index contributed by atoms with van der Waals surface area (Å²) in [4.78, 5) is 11.0. The molecule has 0 spiro atoms. The smallest absolute Gasteiger partial charge is 0.303 e. The van der Waals surface area contributed by atoms with Gasteiger partial charge in [-0.2, -0.15) is 0 Å². The molecule has 1 fully saturated rings. The highest BCUT2D eigenvalue weighted by Crippen LogP contribution is 2.47. The van der Waals surface area contributed by atoms with E-state index >= 15 is 0 Å². The quantitative estimate of drug-likeness (QED) is 0.867.